The third-order valence-electron chi connectivity index (χ3n) is 5.58. The Balaban J connectivity index is 2.02. The average Bonchev–Trinajstić information content (AvgIpc) is 3.02. The molecule has 7 heteroatoms. The number of aliphatic hydroxyl groups excluding tert-OH is 1. The van der Waals surface area contributed by atoms with Gasteiger partial charge < -0.3 is 19.6 Å². The van der Waals surface area contributed by atoms with Crippen LogP contribution in [0.2, 0.25) is 0 Å². The number of carbonyl (C=O) groups excluding carboxylic acids is 2. The zero-order valence-corrected chi connectivity index (χ0v) is 20.0. The Morgan fingerprint density at radius 3 is 2.61 bits per heavy atom. The SMILES string of the molecule is Cc1cc(OCC(C)C)ccc1/C(O)=C1/C(=O)C(=O)N(CCCN(C)C)C1c1cccnc1. The molecule has 176 valence electrons. The number of amides is 1. The molecule has 1 fully saturated rings. The number of carbonyl (C=O) groups is 2. The predicted molar refractivity (Wildman–Crippen MR) is 128 cm³/mol. The van der Waals surface area contributed by atoms with Crippen molar-refractivity contribution >= 4 is 17.4 Å². The normalized spacial score (nSPS) is 17.9. The molecule has 1 aliphatic rings. The Kier molecular flexibility index (Phi) is 7.87. The minimum Gasteiger partial charge on any atom is -0.507 e. The van der Waals surface area contributed by atoms with Gasteiger partial charge in [0.1, 0.15) is 11.5 Å². The molecular weight excluding hydrogens is 418 g/mol. The Bertz CT molecular complexity index is 1030. The van der Waals surface area contributed by atoms with E-state index >= 15 is 0 Å². The minimum absolute atomic E-state index is 0.0943. The van der Waals surface area contributed by atoms with Crippen molar-refractivity contribution in [2.75, 3.05) is 33.8 Å². The average molecular weight is 452 g/mol. The van der Waals surface area contributed by atoms with Crippen molar-refractivity contribution in [3.8, 4) is 5.75 Å². The van der Waals surface area contributed by atoms with E-state index < -0.39 is 17.7 Å². The lowest BCUT2D eigenvalue weighted by Crippen LogP contribution is -2.32. The molecule has 3 rings (SSSR count). The molecule has 1 unspecified atom stereocenters. The number of aromatic nitrogens is 1. The summed E-state index contributed by atoms with van der Waals surface area (Å²) in [6, 6.07) is 8.25. The van der Waals surface area contributed by atoms with Crippen LogP contribution in [0.4, 0.5) is 0 Å². The number of nitrogens with zero attached hydrogens (tertiary/aromatic N) is 3. The van der Waals surface area contributed by atoms with Gasteiger partial charge in [0.2, 0.25) is 0 Å². The Labute approximate surface area is 195 Å². The van der Waals surface area contributed by atoms with Gasteiger partial charge in [-0.25, -0.2) is 0 Å². The molecule has 0 bridgehead atoms. The molecule has 1 aromatic carbocycles. The van der Waals surface area contributed by atoms with Gasteiger partial charge in [-0.2, -0.15) is 0 Å². The number of likely N-dealkylation sites (tertiary alicyclic amines) is 1. The number of rotatable bonds is 9. The van der Waals surface area contributed by atoms with Crippen molar-refractivity contribution in [3.63, 3.8) is 0 Å². The van der Waals surface area contributed by atoms with Crippen LogP contribution >= 0.6 is 0 Å². The molecule has 1 saturated heterocycles. The van der Waals surface area contributed by atoms with Crippen molar-refractivity contribution < 1.29 is 19.4 Å². The van der Waals surface area contributed by atoms with Crippen LogP contribution < -0.4 is 4.74 Å². The predicted octanol–water partition coefficient (Wildman–Crippen LogP) is 3.80. The lowest BCUT2D eigenvalue weighted by atomic mass is 9.94. The van der Waals surface area contributed by atoms with Crippen LogP contribution in [-0.2, 0) is 9.59 Å². The van der Waals surface area contributed by atoms with Gasteiger partial charge in [-0.1, -0.05) is 19.9 Å². The lowest BCUT2D eigenvalue weighted by molar-refractivity contribution is -0.139. The first-order valence-electron chi connectivity index (χ1n) is 11.3. The van der Waals surface area contributed by atoms with E-state index in [2.05, 4.69) is 18.8 Å². The molecule has 1 aliphatic heterocycles. The van der Waals surface area contributed by atoms with Crippen molar-refractivity contribution in [1.29, 1.82) is 0 Å². The molecule has 0 spiro atoms. The van der Waals surface area contributed by atoms with E-state index in [1.807, 2.05) is 38.1 Å². The number of ether oxygens (including phenoxy) is 1. The number of Topliss-reactive ketones (excluding diaryl/α,β-unsaturated/α-hetero) is 1. The molecule has 1 aromatic heterocycles. The summed E-state index contributed by atoms with van der Waals surface area (Å²) in [4.78, 5) is 33.8. The van der Waals surface area contributed by atoms with Crippen molar-refractivity contribution in [3.05, 3.63) is 65.0 Å². The Morgan fingerprint density at radius 2 is 2.00 bits per heavy atom. The van der Waals surface area contributed by atoms with Crippen LogP contribution in [0, 0.1) is 12.8 Å². The van der Waals surface area contributed by atoms with Crippen LogP contribution in [0.3, 0.4) is 0 Å². The molecule has 0 saturated carbocycles. The number of hydrogen-bond acceptors (Lipinski definition) is 6. The first kappa shape index (κ1) is 24.5. The smallest absolute Gasteiger partial charge is 0.295 e. The van der Waals surface area contributed by atoms with Gasteiger partial charge in [-0.15, -0.1) is 0 Å². The number of hydrogen-bond donors (Lipinski definition) is 1. The van der Waals surface area contributed by atoms with Gasteiger partial charge in [0.25, 0.3) is 11.7 Å². The molecule has 1 N–H and O–H groups in total. The highest BCUT2D eigenvalue weighted by atomic mass is 16.5. The van der Waals surface area contributed by atoms with E-state index in [0.717, 1.165) is 12.1 Å². The summed E-state index contributed by atoms with van der Waals surface area (Å²) in [6.45, 7) is 7.76. The highest BCUT2D eigenvalue weighted by Gasteiger charge is 2.46. The fourth-order valence-electron chi connectivity index (χ4n) is 3.95. The largest absolute Gasteiger partial charge is 0.507 e. The number of pyridine rings is 1. The van der Waals surface area contributed by atoms with Gasteiger partial charge in [-0.05, 0) is 75.3 Å². The maximum absolute atomic E-state index is 13.1. The van der Waals surface area contributed by atoms with E-state index in [0.29, 0.717) is 42.4 Å². The first-order chi connectivity index (χ1) is 15.7. The van der Waals surface area contributed by atoms with E-state index in [9.17, 15) is 14.7 Å². The maximum Gasteiger partial charge on any atom is 0.295 e. The van der Waals surface area contributed by atoms with E-state index in [1.165, 1.54) is 0 Å². The summed E-state index contributed by atoms with van der Waals surface area (Å²) in [5, 5.41) is 11.3. The highest BCUT2D eigenvalue weighted by Crippen LogP contribution is 2.40. The van der Waals surface area contributed by atoms with Crippen molar-refractivity contribution in [2.45, 2.75) is 33.2 Å². The van der Waals surface area contributed by atoms with Crippen LogP contribution in [0.5, 0.6) is 5.75 Å². The Morgan fingerprint density at radius 1 is 1.24 bits per heavy atom. The number of ketones is 1. The monoisotopic (exact) mass is 451 g/mol. The second-order valence-electron chi connectivity index (χ2n) is 9.12. The standard InChI is InChI=1S/C26H33N3O4/c1-17(2)16-33-20-9-10-21(18(3)14-20)24(30)22-23(19-8-6-11-27-15-19)29(26(32)25(22)31)13-7-12-28(4)5/h6,8-11,14-15,17,23,30H,7,12-13,16H2,1-5H3/b24-22-. The molecule has 33 heavy (non-hydrogen) atoms. The topological polar surface area (TPSA) is 83.0 Å². The molecule has 1 amide bonds. The summed E-state index contributed by atoms with van der Waals surface area (Å²) in [5.41, 5.74) is 2.05. The summed E-state index contributed by atoms with van der Waals surface area (Å²) in [5.74, 6) is -0.360. The number of benzene rings is 1. The summed E-state index contributed by atoms with van der Waals surface area (Å²) < 4.78 is 5.78. The third-order valence-corrected chi connectivity index (χ3v) is 5.58. The molecule has 0 aliphatic carbocycles. The van der Waals surface area contributed by atoms with Crippen LogP contribution in [0.1, 0.15) is 43.0 Å². The maximum atomic E-state index is 13.1. The van der Waals surface area contributed by atoms with Crippen molar-refractivity contribution in [2.24, 2.45) is 5.92 Å². The molecular formula is C26H33N3O4. The van der Waals surface area contributed by atoms with E-state index in [4.69, 9.17) is 4.74 Å². The molecule has 7 nitrogen and oxygen atoms in total. The highest BCUT2D eigenvalue weighted by molar-refractivity contribution is 6.46. The van der Waals surface area contributed by atoms with Gasteiger partial charge in [-0.3, -0.25) is 14.6 Å². The zero-order chi connectivity index (χ0) is 24.1. The van der Waals surface area contributed by atoms with Crippen LogP contribution in [0.25, 0.3) is 5.76 Å². The van der Waals surface area contributed by atoms with Crippen LogP contribution in [-0.4, -0.2) is 65.4 Å². The fraction of sp³-hybridized carbons (Fsp3) is 0.423. The van der Waals surface area contributed by atoms with Gasteiger partial charge in [0.15, 0.2) is 0 Å². The molecule has 1 atom stereocenters. The number of aryl methyl sites for hydroxylation is 1. The molecule has 2 aromatic rings. The zero-order valence-electron chi connectivity index (χ0n) is 20.0. The summed E-state index contributed by atoms with van der Waals surface area (Å²) in [7, 11) is 3.92. The molecule has 0 radical (unpaired) electrons. The fourth-order valence-corrected chi connectivity index (χ4v) is 3.95. The number of aliphatic hydroxyl groups is 1. The van der Waals surface area contributed by atoms with Gasteiger partial charge in [0, 0.05) is 24.5 Å². The van der Waals surface area contributed by atoms with Gasteiger partial charge >= 0.3 is 0 Å². The quantitative estimate of drug-likeness (QED) is 0.355. The van der Waals surface area contributed by atoms with Crippen molar-refractivity contribution in [1.82, 2.24) is 14.8 Å². The lowest BCUT2D eigenvalue weighted by Gasteiger charge is -2.25. The Hall–Kier alpha value is -3.19. The van der Waals surface area contributed by atoms with Crippen LogP contribution in [0.15, 0.2) is 48.3 Å². The third kappa shape index (κ3) is 5.60. The second-order valence-corrected chi connectivity index (χ2v) is 9.12. The summed E-state index contributed by atoms with van der Waals surface area (Å²) in [6.07, 6.45) is 3.98. The second kappa shape index (κ2) is 10.6. The molecule has 2 heterocycles. The van der Waals surface area contributed by atoms with E-state index in [1.54, 1.807) is 35.5 Å². The van der Waals surface area contributed by atoms with E-state index in [-0.39, 0.29) is 11.3 Å². The first-order valence-corrected chi connectivity index (χ1v) is 11.3. The summed E-state index contributed by atoms with van der Waals surface area (Å²) >= 11 is 0. The van der Waals surface area contributed by atoms with Gasteiger partial charge in [0.05, 0.1) is 18.2 Å². The minimum atomic E-state index is -0.683.